The molecule has 0 spiro atoms. The van der Waals surface area contributed by atoms with Gasteiger partial charge in [0, 0.05) is 0 Å². The minimum absolute atomic E-state index is 0. The van der Waals surface area contributed by atoms with E-state index in [0.29, 0.717) is 11.1 Å². The minimum atomic E-state index is -1.45. The number of halogens is 8. The fraction of sp³-hybridized carbons (Fsp3) is 0.0732. The van der Waals surface area contributed by atoms with E-state index in [-0.39, 0.29) is 24.8 Å². The van der Waals surface area contributed by atoms with Crippen LogP contribution in [0.2, 0.25) is 0 Å². The van der Waals surface area contributed by atoms with Crippen molar-refractivity contribution in [3.05, 3.63) is 185 Å². The van der Waals surface area contributed by atoms with Crippen LogP contribution in [0.25, 0.3) is 32.7 Å². The Hall–Kier alpha value is -1.74. The molecule has 0 nitrogen and oxygen atoms in total. The van der Waals surface area contributed by atoms with Crippen LogP contribution in [0.1, 0.15) is 33.4 Å². The zero-order valence-corrected chi connectivity index (χ0v) is 34.6. The van der Waals surface area contributed by atoms with Crippen LogP contribution in [0.15, 0.2) is 146 Å². The van der Waals surface area contributed by atoms with Gasteiger partial charge in [-0.3, -0.25) is 0 Å². The molecule has 1 aliphatic carbocycles. The van der Waals surface area contributed by atoms with Crippen molar-refractivity contribution < 1.29 is 49.0 Å². The van der Waals surface area contributed by atoms with E-state index in [4.69, 9.17) is 69.6 Å². The van der Waals surface area contributed by atoms with Crippen LogP contribution in [0.4, 0.5) is 0 Å². The van der Waals surface area contributed by atoms with Crippen LogP contribution >= 0.6 is 69.6 Å². The van der Waals surface area contributed by atoms with Crippen LogP contribution in [-0.4, -0.2) is 3.21 Å². The third-order valence-corrected chi connectivity index (χ3v) is 10.8. The molecule has 8 rings (SSSR count). The Bertz CT molecular complexity index is 2140. The molecular formula is C41H26Cl8Zr-2. The Kier molecular flexibility index (Phi) is 14.7. The van der Waals surface area contributed by atoms with Gasteiger partial charge in [0.2, 0.25) is 0 Å². The number of hydrogen-bond acceptors (Lipinski definition) is 0. The molecule has 252 valence electrons. The van der Waals surface area contributed by atoms with Crippen molar-refractivity contribution in [3.8, 4) is 11.1 Å². The summed E-state index contributed by atoms with van der Waals surface area (Å²) in [6.07, 6.45) is 1.02. The first kappa shape index (κ1) is 41.0. The molecule has 0 unspecified atom stereocenters. The van der Waals surface area contributed by atoms with Crippen molar-refractivity contribution in [3.63, 3.8) is 0 Å². The van der Waals surface area contributed by atoms with E-state index in [1.807, 2.05) is 72.8 Å². The molecule has 9 heteroatoms. The summed E-state index contributed by atoms with van der Waals surface area (Å²) < 4.78 is -1.82. The SMILES string of the molecule is ClC(Cl)(Cl)c1cccc([C](=[Zr+2])c2cccc(C(Cl)(Cl)Cl)c2)c1.[Cl-].[Cl-].[c-]1cccc2c1c1c(c3ccccc32)-c2ccccc2C1.c1cc[cH-]c1. The maximum atomic E-state index is 5.94. The Morgan fingerprint density at radius 1 is 0.600 bits per heavy atom. The van der Waals surface area contributed by atoms with Gasteiger partial charge < -0.3 is 24.8 Å². The predicted molar refractivity (Wildman–Crippen MR) is 205 cm³/mol. The monoisotopic (exact) mass is 888 g/mol. The fourth-order valence-corrected chi connectivity index (χ4v) is 7.39. The average Bonchev–Trinajstić information content (AvgIpc) is 3.81. The molecular weight excluding hydrogens is 867 g/mol. The molecule has 0 heterocycles. The molecule has 0 saturated heterocycles. The third-order valence-electron chi connectivity index (χ3n) is 8.11. The standard InChI is InChI=1S/C21H13.C15H8Cl6.C5H5.2ClH.Zr/c1-2-8-15-14(7-1)13-20-18-11-4-3-9-16(18)17-10-5-6-12-19(17)21(15)20;16-14(17,18)12-5-1-3-10(8-12)7-11-4-2-6-13(9-11)15(19,20)21;1-2-4-5-3-1;;;/h1-10,12H,13H2;1-6,8-9H;1-5H;2*1H;/q-1;;-1;;;+2/p-2. The van der Waals surface area contributed by atoms with Gasteiger partial charge in [0.25, 0.3) is 0 Å². The van der Waals surface area contributed by atoms with E-state index in [9.17, 15) is 0 Å². The molecule has 7 aromatic carbocycles. The zero-order chi connectivity index (χ0) is 33.9. The summed E-state index contributed by atoms with van der Waals surface area (Å²) in [5.74, 6) is 0. The largest absolute Gasteiger partial charge is 1.00 e. The van der Waals surface area contributed by atoms with Crippen LogP contribution in [0, 0.1) is 6.07 Å². The van der Waals surface area contributed by atoms with Crippen molar-refractivity contribution in [2.45, 2.75) is 14.0 Å². The van der Waals surface area contributed by atoms with E-state index >= 15 is 0 Å². The molecule has 50 heavy (non-hydrogen) atoms. The summed E-state index contributed by atoms with van der Waals surface area (Å²) in [7, 11) is 0. The molecule has 0 N–H and O–H groups in total. The number of hydrogen-bond donors (Lipinski definition) is 0. The Morgan fingerprint density at radius 2 is 1.14 bits per heavy atom. The summed E-state index contributed by atoms with van der Waals surface area (Å²) in [5, 5.41) is 5.30. The van der Waals surface area contributed by atoms with Crippen molar-refractivity contribution in [2.75, 3.05) is 0 Å². The maximum Gasteiger partial charge on any atom is -0.0240 e. The fourth-order valence-electron chi connectivity index (χ4n) is 5.92. The average molecular weight is 894 g/mol. The molecule has 0 bridgehead atoms. The second kappa shape index (κ2) is 17.9. The predicted octanol–water partition coefficient (Wildman–Crippen LogP) is 7.23. The van der Waals surface area contributed by atoms with E-state index in [1.165, 1.54) is 68.0 Å². The number of rotatable bonds is 2. The van der Waals surface area contributed by atoms with E-state index in [0.717, 1.165) is 20.8 Å². The van der Waals surface area contributed by atoms with Gasteiger partial charge in [0.05, 0.1) is 0 Å². The van der Waals surface area contributed by atoms with E-state index < -0.39 is 7.59 Å². The first-order valence-corrected chi connectivity index (χ1v) is 18.5. The molecule has 0 radical (unpaired) electrons. The molecule has 0 aliphatic heterocycles. The van der Waals surface area contributed by atoms with Gasteiger partial charge in [-0.2, -0.15) is 18.2 Å². The quantitative estimate of drug-likeness (QED) is 0.0978. The second-order valence-electron chi connectivity index (χ2n) is 11.2. The van der Waals surface area contributed by atoms with Crippen LogP contribution in [0.5, 0.6) is 0 Å². The summed E-state index contributed by atoms with van der Waals surface area (Å²) in [6.45, 7) is 0. The molecule has 0 aromatic heterocycles. The van der Waals surface area contributed by atoms with E-state index in [2.05, 4.69) is 66.7 Å². The molecule has 0 amide bonds. The topological polar surface area (TPSA) is 0 Å². The molecule has 1 aliphatic rings. The van der Waals surface area contributed by atoms with Crippen molar-refractivity contribution in [1.82, 2.24) is 0 Å². The normalized spacial score (nSPS) is 11.5. The van der Waals surface area contributed by atoms with Crippen LogP contribution < -0.4 is 24.8 Å². The van der Waals surface area contributed by atoms with Crippen LogP contribution in [0.3, 0.4) is 0 Å². The van der Waals surface area contributed by atoms with Gasteiger partial charge in [0.15, 0.2) is 0 Å². The molecule has 0 fully saturated rings. The van der Waals surface area contributed by atoms with Crippen molar-refractivity contribution in [1.29, 1.82) is 0 Å². The molecule has 0 saturated carbocycles. The van der Waals surface area contributed by atoms with Crippen molar-refractivity contribution in [2.24, 2.45) is 0 Å². The summed E-state index contributed by atoms with van der Waals surface area (Å²) in [4.78, 5) is 0. The van der Waals surface area contributed by atoms with Gasteiger partial charge in [0.1, 0.15) is 0 Å². The molecule has 0 atom stereocenters. The van der Waals surface area contributed by atoms with Gasteiger partial charge >= 0.3 is 175 Å². The maximum absolute atomic E-state index is 5.94. The third kappa shape index (κ3) is 9.43. The van der Waals surface area contributed by atoms with Crippen LogP contribution in [-0.2, 0) is 38.2 Å². The number of alkyl halides is 6. The zero-order valence-electron chi connectivity index (χ0n) is 26.1. The number of fused-ring (bicyclic) bond motifs is 8. The molecule has 7 aromatic rings. The van der Waals surface area contributed by atoms with Gasteiger partial charge in [-0.05, 0) is 28.5 Å². The van der Waals surface area contributed by atoms with Gasteiger partial charge in [-0.25, -0.2) is 12.1 Å². The van der Waals surface area contributed by atoms with Gasteiger partial charge in [-0.1, -0.05) is 53.9 Å². The summed E-state index contributed by atoms with van der Waals surface area (Å²) in [6, 6.07) is 52.3. The summed E-state index contributed by atoms with van der Waals surface area (Å²) >= 11 is 36.9. The first-order chi connectivity index (χ1) is 23.0. The second-order valence-corrected chi connectivity index (χ2v) is 17.0. The number of benzene rings is 6. The Morgan fingerprint density at radius 3 is 1.70 bits per heavy atom. The Labute approximate surface area is 350 Å². The summed E-state index contributed by atoms with van der Waals surface area (Å²) in [5.41, 5.74) is 8.86. The van der Waals surface area contributed by atoms with E-state index in [1.54, 1.807) is 12.1 Å². The first-order valence-electron chi connectivity index (χ1n) is 15.0. The Balaban J connectivity index is 0.000000190. The minimum Gasteiger partial charge on any atom is -1.00 e. The van der Waals surface area contributed by atoms with Gasteiger partial charge in [-0.15, -0.1) is 40.6 Å². The smallest absolute Gasteiger partial charge is 0.0240 e. The van der Waals surface area contributed by atoms with Crippen molar-refractivity contribution >= 4 is 94.4 Å².